The number of hydrogen-bond donors (Lipinski definition) is 5. The van der Waals surface area contributed by atoms with Gasteiger partial charge in [-0.05, 0) is 54.3 Å². The van der Waals surface area contributed by atoms with E-state index in [1.54, 1.807) is 19.1 Å². The molecule has 1 amide bonds. The molecule has 0 aliphatic rings. The summed E-state index contributed by atoms with van der Waals surface area (Å²) in [6.07, 6.45) is 0.516. The molecule has 10 heteroatoms. The van der Waals surface area contributed by atoms with Gasteiger partial charge in [-0.3, -0.25) is 19.8 Å². The molecule has 192 valence electrons. The molecule has 0 spiro atoms. The zero-order valence-corrected chi connectivity index (χ0v) is 20.4. The number of H-pyrrole nitrogens is 2. The Morgan fingerprint density at radius 2 is 1.84 bits per heavy atom. The predicted molar refractivity (Wildman–Crippen MR) is 136 cm³/mol. The van der Waals surface area contributed by atoms with Crippen molar-refractivity contribution in [3.05, 3.63) is 98.8 Å². The van der Waals surface area contributed by atoms with E-state index in [4.69, 9.17) is 4.42 Å². The molecule has 2 aromatic heterocycles. The van der Waals surface area contributed by atoms with Crippen LogP contribution in [0.4, 0.5) is 10.2 Å². The van der Waals surface area contributed by atoms with Crippen LogP contribution in [0.3, 0.4) is 0 Å². The third-order valence-corrected chi connectivity index (χ3v) is 5.98. The standard InChI is InChI=1S/C27H27FN4O5/c1-3-17-12-19(28)10-15(2)25(17)26(34)30-21(27(35)36)11-16-4-6-18(7-5-16)22-9-8-20(37-22)14-29-23-13-24(33)32-31-23/h4-10,12-13,21H,3,11,14H2,1-2H3,(H,30,34)(H,35,36)(H3,29,31,32,33). The van der Waals surface area contributed by atoms with Gasteiger partial charge in [-0.2, -0.15) is 0 Å². The summed E-state index contributed by atoms with van der Waals surface area (Å²) in [7, 11) is 0. The van der Waals surface area contributed by atoms with Crippen molar-refractivity contribution < 1.29 is 23.5 Å². The number of halogens is 1. The molecule has 0 saturated carbocycles. The van der Waals surface area contributed by atoms with E-state index >= 15 is 0 Å². The number of rotatable bonds is 10. The van der Waals surface area contributed by atoms with Crippen molar-refractivity contribution in [1.29, 1.82) is 0 Å². The quantitative estimate of drug-likeness (QED) is 0.220. The number of nitrogens with one attached hydrogen (secondary N) is 4. The van der Waals surface area contributed by atoms with Crippen molar-refractivity contribution >= 4 is 17.7 Å². The maximum Gasteiger partial charge on any atom is 0.326 e. The number of aromatic amines is 2. The van der Waals surface area contributed by atoms with Gasteiger partial charge in [-0.15, -0.1) is 0 Å². The summed E-state index contributed by atoms with van der Waals surface area (Å²) in [5, 5.41) is 20.5. The van der Waals surface area contributed by atoms with Gasteiger partial charge < -0.3 is 20.2 Å². The van der Waals surface area contributed by atoms with Gasteiger partial charge in [0.05, 0.1) is 6.54 Å². The summed E-state index contributed by atoms with van der Waals surface area (Å²) in [4.78, 5) is 36.0. The second kappa shape index (κ2) is 11.0. The van der Waals surface area contributed by atoms with E-state index in [-0.39, 0.29) is 12.0 Å². The Hall–Kier alpha value is -4.60. The van der Waals surface area contributed by atoms with E-state index in [0.717, 1.165) is 5.56 Å². The zero-order valence-electron chi connectivity index (χ0n) is 20.4. The van der Waals surface area contributed by atoms with Crippen LogP contribution in [-0.2, 0) is 24.2 Å². The fourth-order valence-corrected chi connectivity index (χ4v) is 4.13. The van der Waals surface area contributed by atoms with Crippen LogP contribution in [0.1, 0.15) is 39.7 Å². The van der Waals surface area contributed by atoms with Crippen molar-refractivity contribution in [2.24, 2.45) is 0 Å². The highest BCUT2D eigenvalue weighted by molar-refractivity contribution is 5.99. The minimum Gasteiger partial charge on any atom is -0.480 e. The van der Waals surface area contributed by atoms with E-state index in [1.807, 2.05) is 31.2 Å². The Labute approximate surface area is 211 Å². The summed E-state index contributed by atoms with van der Waals surface area (Å²) in [6, 6.07) is 13.6. The number of aliphatic carboxylic acids is 1. The molecule has 2 heterocycles. The number of aryl methyl sites for hydroxylation is 2. The molecule has 1 atom stereocenters. The minimum atomic E-state index is -1.16. The lowest BCUT2D eigenvalue weighted by molar-refractivity contribution is -0.139. The first-order valence-electron chi connectivity index (χ1n) is 11.8. The smallest absolute Gasteiger partial charge is 0.326 e. The molecule has 4 aromatic rings. The van der Waals surface area contributed by atoms with Crippen LogP contribution in [-0.4, -0.2) is 33.2 Å². The highest BCUT2D eigenvalue weighted by Gasteiger charge is 2.24. The molecular formula is C27H27FN4O5. The van der Waals surface area contributed by atoms with Crippen LogP contribution in [0.2, 0.25) is 0 Å². The third-order valence-electron chi connectivity index (χ3n) is 5.98. The monoisotopic (exact) mass is 506 g/mol. The molecule has 5 N–H and O–H groups in total. The second-order valence-electron chi connectivity index (χ2n) is 8.67. The average molecular weight is 507 g/mol. The Bertz CT molecular complexity index is 1470. The lowest BCUT2D eigenvalue weighted by Gasteiger charge is -2.17. The van der Waals surface area contributed by atoms with E-state index in [0.29, 0.717) is 52.6 Å². The number of carbonyl (C=O) groups excluding carboxylic acids is 1. The largest absolute Gasteiger partial charge is 0.480 e. The van der Waals surface area contributed by atoms with Gasteiger partial charge in [0.15, 0.2) is 0 Å². The summed E-state index contributed by atoms with van der Waals surface area (Å²) < 4.78 is 19.6. The zero-order chi connectivity index (χ0) is 26.5. The Balaban J connectivity index is 1.42. The molecule has 37 heavy (non-hydrogen) atoms. The molecule has 0 radical (unpaired) electrons. The first-order chi connectivity index (χ1) is 17.7. The molecule has 0 fully saturated rings. The maximum atomic E-state index is 13.8. The molecular weight excluding hydrogens is 479 g/mol. The van der Waals surface area contributed by atoms with Crippen LogP contribution in [0, 0.1) is 12.7 Å². The first kappa shape index (κ1) is 25.5. The van der Waals surface area contributed by atoms with Gasteiger partial charge in [-0.1, -0.05) is 31.2 Å². The average Bonchev–Trinajstić information content (AvgIpc) is 3.51. The highest BCUT2D eigenvalue weighted by Crippen LogP contribution is 2.24. The number of anilines is 1. The molecule has 4 rings (SSSR count). The number of benzene rings is 2. The number of aromatic nitrogens is 2. The summed E-state index contributed by atoms with van der Waals surface area (Å²) in [6.45, 7) is 3.81. The molecule has 0 aliphatic heterocycles. The van der Waals surface area contributed by atoms with Crippen molar-refractivity contribution in [3.8, 4) is 11.3 Å². The Morgan fingerprint density at radius 3 is 2.49 bits per heavy atom. The van der Waals surface area contributed by atoms with Crippen molar-refractivity contribution in [3.63, 3.8) is 0 Å². The van der Waals surface area contributed by atoms with Gasteiger partial charge in [0.2, 0.25) is 0 Å². The molecule has 2 aromatic carbocycles. The summed E-state index contributed by atoms with van der Waals surface area (Å²) >= 11 is 0. The van der Waals surface area contributed by atoms with E-state index in [1.165, 1.54) is 18.2 Å². The number of amides is 1. The lowest BCUT2D eigenvalue weighted by atomic mass is 9.98. The fraction of sp³-hybridized carbons (Fsp3) is 0.222. The van der Waals surface area contributed by atoms with Crippen LogP contribution >= 0.6 is 0 Å². The van der Waals surface area contributed by atoms with E-state index in [2.05, 4.69) is 20.8 Å². The molecule has 0 saturated heterocycles. The van der Waals surface area contributed by atoms with Gasteiger partial charge in [0.1, 0.15) is 29.2 Å². The van der Waals surface area contributed by atoms with Gasteiger partial charge in [0, 0.05) is 23.6 Å². The second-order valence-corrected chi connectivity index (χ2v) is 8.67. The van der Waals surface area contributed by atoms with Crippen LogP contribution < -0.4 is 16.2 Å². The van der Waals surface area contributed by atoms with E-state index in [9.17, 15) is 23.9 Å². The Morgan fingerprint density at radius 1 is 1.08 bits per heavy atom. The number of carboxylic acids is 1. The van der Waals surface area contributed by atoms with Crippen molar-refractivity contribution in [2.45, 2.75) is 39.3 Å². The number of hydrogen-bond acceptors (Lipinski definition) is 5. The topological polar surface area (TPSA) is 140 Å². The maximum absolute atomic E-state index is 13.8. The lowest BCUT2D eigenvalue weighted by Crippen LogP contribution is -2.42. The SMILES string of the molecule is CCc1cc(F)cc(C)c1C(=O)NC(Cc1ccc(-c2ccc(CNc3cc(=O)[nH][nH]3)o2)cc1)C(=O)O. The number of furan rings is 1. The highest BCUT2D eigenvalue weighted by atomic mass is 19.1. The van der Waals surface area contributed by atoms with Crippen molar-refractivity contribution in [1.82, 2.24) is 15.5 Å². The fourth-order valence-electron chi connectivity index (χ4n) is 4.13. The van der Waals surface area contributed by atoms with Gasteiger partial charge in [-0.25, -0.2) is 9.18 Å². The summed E-state index contributed by atoms with van der Waals surface area (Å²) in [5.74, 6) is -0.295. The number of carbonyl (C=O) groups is 2. The van der Waals surface area contributed by atoms with Crippen LogP contribution in [0.15, 0.2) is 63.8 Å². The molecule has 0 bridgehead atoms. The van der Waals surface area contributed by atoms with Crippen LogP contribution in [0.25, 0.3) is 11.3 Å². The first-order valence-corrected chi connectivity index (χ1v) is 11.8. The van der Waals surface area contributed by atoms with Crippen LogP contribution in [0.5, 0.6) is 0 Å². The third kappa shape index (κ3) is 6.16. The number of carboxylic acid groups (broad SMARTS) is 1. The molecule has 0 aliphatic carbocycles. The predicted octanol–water partition coefficient (Wildman–Crippen LogP) is 4.01. The van der Waals surface area contributed by atoms with Crippen molar-refractivity contribution in [2.75, 3.05) is 5.32 Å². The van der Waals surface area contributed by atoms with E-state index < -0.39 is 23.7 Å². The minimum absolute atomic E-state index is 0.0746. The Kier molecular flexibility index (Phi) is 7.57. The van der Waals surface area contributed by atoms with Gasteiger partial charge in [0.25, 0.3) is 11.5 Å². The van der Waals surface area contributed by atoms with Gasteiger partial charge >= 0.3 is 5.97 Å². The molecule has 1 unspecified atom stereocenters. The molecule has 9 nitrogen and oxygen atoms in total. The summed E-state index contributed by atoms with van der Waals surface area (Å²) in [5.41, 5.74) is 2.57. The normalized spacial score (nSPS) is 11.8.